The Hall–Kier alpha value is -2.62. The molecule has 0 bridgehead atoms. The summed E-state index contributed by atoms with van der Waals surface area (Å²) >= 11 is 0. The summed E-state index contributed by atoms with van der Waals surface area (Å²) in [5, 5.41) is 8.82. The zero-order valence-electron chi connectivity index (χ0n) is 13.6. The maximum atomic E-state index is 10.7. The number of ether oxygens (including phenoxy) is 1. The Balaban J connectivity index is 2.01. The van der Waals surface area contributed by atoms with Crippen molar-refractivity contribution in [1.29, 1.82) is 0 Å². The molecule has 0 aliphatic heterocycles. The normalized spacial score (nSPS) is 12.5. The minimum atomic E-state index is -0.986. The summed E-state index contributed by atoms with van der Waals surface area (Å²) in [5.74, 6) is 0.0487. The quantitative estimate of drug-likeness (QED) is 0.804. The Labute approximate surface area is 136 Å². The van der Waals surface area contributed by atoms with Gasteiger partial charge in [0.25, 0.3) is 0 Å². The molecule has 4 nitrogen and oxygen atoms in total. The van der Waals surface area contributed by atoms with E-state index in [1.165, 1.54) is 12.5 Å². The van der Waals surface area contributed by atoms with Crippen molar-refractivity contribution in [3.05, 3.63) is 59.7 Å². The van der Waals surface area contributed by atoms with Gasteiger partial charge in [-0.05, 0) is 60.4 Å². The number of benzene rings is 2. The van der Waals surface area contributed by atoms with E-state index in [0.29, 0.717) is 11.7 Å². The number of carbonyl (C=O) groups is 1. The minimum Gasteiger partial charge on any atom is -0.479 e. The third-order valence-electron chi connectivity index (χ3n) is 3.46. The fraction of sp³-hybridized carbons (Fsp3) is 0.263. The molecule has 120 valence electrons. The fourth-order valence-corrected chi connectivity index (χ4v) is 1.98. The van der Waals surface area contributed by atoms with Gasteiger partial charge in [0.15, 0.2) is 6.10 Å². The van der Waals surface area contributed by atoms with Crippen LogP contribution < -0.4 is 4.74 Å². The predicted molar refractivity (Wildman–Crippen MR) is 92.0 cm³/mol. The molecule has 0 aromatic heterocycles. The van der Waals surface area contributed by atoms with E-state index in [1.807, 2.05) is 24.3 Å². The van der Waals surface area contributed by atoms with Crippen LogP contribution in [0.25, 0.3) is 0 Å². The Morgan fingerprint density at radius 1 is 1.04 bits per heavy atom. The van der Waals surface area contributed by atoms with Crippen LogP contribution in [-0.4, -0.2) is 23.4 Å². The zero-order valence-corrected chi connectivity index (χ0v) is 13.6. The van der Waals surface area contributed by atoms with Crippen LogP contribution in [0.15, 0.2) is 53.5 Å². The van der Waals surface area contributed by atoms with Gasteiger partial charge in [-0.25, -0.2) is 4.79 Å². The highest BCUT2D eigenvalue weighted by atomic mass is 16.5. The number of rotatable bonds is 6. The van der Waals surface area contributed by atoms with Crippen LogP contribution in [0.5, 0.6) is 5.75 Å². The van der Waals surface area contributed by atoms with Gasteiger partial charge in [0.1, 0.15) is 5.75 Å². The first-order chi connectivity index (χ1) is 11.0. The number of hydrogen-bond acceptors (Lipinski definition) is 3. The number of hydrogen-bond donors (Lipinski definition) is 1. The average Bonchev–Trinajstić information content (AvgIpc) is 2.54. The highest BCUT2D eigenvalue weighted by molar-refractivity contribution is 5.82. The standard InChI is InChI=1S/C19H21NO3/c1-13(2)16-6-8-17(9-7-16)20-12-15-4-10-18(11-5-15)23-14(3)19(21)22/h4-14H,1-3H3,(H,21,22)/t14-/m0/s1. The second-order valence-electron chi connectivity index (χ2n) is 5.67. The van der Waals surface area contributed by atoms with Crippen molar-refractivity contribution < 1.29 is 14.6 Å². The average molecular weight is 311 g/mol. The lowest BCUT2D eigenvalue weighted by molar-refractivity contribution is -0.144. The molecule has 0 spiro atoms. The molecule has 0 saturated heterocycles. The van der Waals surface area contributed by atoms with Crippen LogP contribution >= 0.6 is 0 Å². The van der Waals surface area contributed by atoms with E-state index in [1.54, 1.807) is 18.3 Å². The lowest BCUT2D eigenvalue weighted by atomic mass is 10.0. The smallest absolute Gasteiger partial charge is 0.344 e. The van der Waals surface area contributed by atoms with Gasteiger partial charge in [-0.3, -0.25) is 4.99 Å². The summed E-state index contributed by atoms with van der Waals surface area (Å²) in [6.45, 7) is 5.82. The van der Waals surface area contributed by atoms with E-state index in [4.69, 9.17) is 9.84 Å². The molecule has 4 heteroatoms. The van der Waals surface area contributed by atoms with Gasteiger partial charge in [-0.2, -0.15) is 0 Å². The number of carboxylic acids is 1. The van der Waals surface area contributed by atoms with Gasteiger partial charge in [0.05, 0.1) is 5.69 Å². The Kier molecular flexibility index (Phi) is 5.52. The summed E-state index contributed by atoms with van der Waals surface area (Å²) in [4.78, 5) is 15.2. The molecule has 2 aromatic carbocycles. The highest BCUT2D eigenvalue weighted by Gasteiger charge is 2.11. The Bertz CT molecular complexity index is 673. The molecule has 0 radical (unpaired) electrons. The minimum absolute atomic E-state index is 0.508. The second-order valence-corrected chi connectivity index (χ2v) is 5.67. The predicted octanol–water partition coefficient (Wildman–Crippen LogP) is 4.41. The SMILES string of the molecule is CC(C)c1ccc(N=Cc2ccc(O[C@@H](C)C(=O)O)cc2)cc1. The van der Waals surface area contributed by atoms with Crippen molar-refractivity contribution in [1.82, 2.24) is 0 Å². The summed E-state index contributed by atoms with van der Waals surface area (Å²) in [7, 11) is 0. The molecular weight excluding hydrogens is 290 g/mol. The third kappa shape index (κ3) is 4.95. The van der Waals surface area contributed by atoms with Gasteiger partial charge < -0.3 is 9.84 Å². The van der Waals surface area contributed by atoms with Crippen molar-refractivity contribution in [2.24, 2.45) is 4.99 Å². The molecule has 0 heterocycles. The highest BCUT2D eigenvalue weighted by Crippen LogP contribution is 2.19. The number of aliphatic imine (C=N–C) groups is 1. The Morgan fingerprint density at radius 3 is 2.17 bits per heavy atom. The molecule has 1 N–H and O–H groups in total. The number of aliphatic carboxylic acids is 1. The van der Waals surface area contributed by atoms with E-state index in [2.05, 4.69) is 31.0 Å². The molecule has 23 heavy (non-hydrogen) atoms. The molecule has 0 aliphatic carbocycles. The van der Waals surface area contributed by atoms with Crippen molar-refractivity contribution in [3.63, 3.8) is 0 Å². The van der Waals surface area contributed by atoms with E-state index < -0.39 is 12.1 Å². The van der Waals surface area contributed by atoms with Crippen LogP contribution in [0.2, 0.25) is 0 Å². The first-order valence-corrected chi connectivity index (χ1v) is 7.59. The van der Waals surface area contributed by atoms with Crippen LogP contribution in [-0.2, 0) is 4.79 Å². The van der Waals surface area contributed by atoms with E-state index in [-0.39, 0.29) is 0 Å². The molecule has 1 atom stereocenters. The van der Waals surface area contributed by atoms with Gasteiger partial charge in [-0.1, -0.05) is 26.0 Å². The van der Waals surface area contributed by atoms with Crippen LogP contribution in [0.1, 0.15) is 37.8 Å². The summed E-state index contributed by atoms with van der Waals surface area (Å²) < 4.78 is 5.29. The van der Waals surface area contributed by atoms with Crippen LogP contribution in [0.4, 0.5) is 5.69 Å². The second kappa shape index (κ2) is 7.58. The van der Waals surface area contributed by atoms with Crippen molar-refractivity contribution >= 4 is 17.9 Å². The number of carboxylic acid groups (broad SMARTS) is 1. The molecule has 0 aliphatic rings. The number of nitrogens with zero attached hydrogens (tertiary/aromatic N) is 1. The molecule has 0 fully saturated rings. The monoisotopic (exact) mass is 311 g/mol. The third-order valence-corrected chi connectivity index (χ3v) is 3.46. The van der Waals surface area contributed by atoms with Crippen molar-refractivity contribution in [3.8, 4) is 5.75 Å². The molecule has 2 rings (SSSR count). The first-order valence-electron chi connectivity index (χ1n) is 7.59. The summed E-state index contributed by atoms with van der Waals surface area (Å²) in [5.41, 5.74) is 3.11. The van der Waals surface area contributed by atoms with Crippen molar-refractivity contribution in [2.75, 3.05) is 0 Å². The maximum absolute atomic E-state index is 10.7. The lowest BCUT2D eigenvalue weighted by Crippen LogP contribution is -2.22. The maximum Gasteiger partial charge on any atom is 0.344 e. The first kappa shape index (κ1) is 16.7. The van der Waals surface area contributed by atoms with Crippen molar-refractivity contribution in [2.45, 2.75) is 32.8 Å². The van der Waals surface area contributed by atoms with Gasteiger partial charge in [-0.15, -0.1) is 0 Å². The van der Waals surface area contributed by atoms with Gasteiger partial charge >= 0.3 is 5.97 Å². The van der Waals surface area contributed by atoms with Gasteiger partial charge in [0.2, 0.25) is 0 Å². The summed E-state index contributed by atoms with van der Waals surface area (Å²) in [6.07, 6.45) is 0.906. The van der Waals surface area contributed by atoms with E-state index >= 15 is 0 Å². The molecular formula is C19H21NO3. The molecule has 2 aromatic rings. The van der Waals surface area contributed by atoms with Crippen LogP contribution in [0, 0.1) is 0 Å². The lowest BCUT2D eigenvalue weighted by Gasteiger charge is -2.09. The molecule has 0 amide bonds. The topological polar surface area (TPSA) is 58.9 Å². The Morgan fingerprint density at radius 2 is 1.65 bits per heavy atom. The fourth-order valence-electron chi connectivity index (χ4n) is 1.98. The molecule has 0 saturated carbocycles. The molecule has 0 unspecified atom stereocenters. The van der Waals surface area contributed by atoms with Gasteiger partial charge in [0, 0.05) is 6.21 Å². The van der Waals surface area contributed by atoms with E-state index in [0.717, 1.165) is 11.3 Å². The summed E-state index contributed by atoms with van der Waals surface area (Å²) in [6, 6.07) is 15.3. The van der Waals surface area contributed by atoms with E-state index in [9.17, 15) is 4.79 Å². The zero-order chi connectivity index (χ0) is 16.8. The largest absolute Gasteiger partial charge is 0.479 e. The van der Waals surface area contributed by atoms with Crippen LogP contribution in [0.3, 0.4) is 0 Å².